The second kappa shape index (κ2) is 3.23. The number of rotatable bonds is 1. The number of aromatic nitrogens is 2. The Kier molecular flexibility index (Phi) is 1.99. The van der Waals surface area contributed by atoms with Gasteiger partial charge in [-0.15, -0.1) is 0 Å². The van der Waals surface area contributed by atoms with Crippen molar-refractivity contribution in [1.82, 2.24) is 14.9 Å². The molecule has 4 nitrogen and oxygen atoms in total. The Morgan fingerprint density at radius 2 is 2.33 bits per heavy atom. The third-order valence-electron chi connectivity index (χ3n) is 3.99. The zero-order chi connectivity index (χ0) is 10.4. The van der Waals surface area contributed by atoms with Crippen LogP contribution in [0.25, 0.3) is 0 Å². The first kappa shape index (κ1) is 9.21. The third kappa shape index (κ3) is 1.28. The van der Waals surface area contributed by atoms with Crippen molar-refractivity contribution in [1.29, 1.82) is 0 Å². The topological polar surface area (TPSA) is 33.1 Å². The molecule has 3 unspecified atom stereocenters. The predicted molar refractivity (Wildman–Crippen MR) is 59.9 cm³/mol. The Morgan fingerprint density at radius 1 is 1.47 bits per heavy atom. The molecule has 0 radical (unpaired) electrons. The van der Waals surface area contributed by atoms with Crippen molar-refractivity contribution in [2.75, 3.05) is 24.5 Å². The highest BCUT2D eigenvalue weighted by Crippen LogP contribution is 2.34. The van der Waals surface area contributed by atoms with Crippen LogP contribution in [-0.2, 0) is 7.05 Å². The zero-order valence-electron chi connectivity index (χ0n) is 9.35. The number of imidazole rings is 1. The van der Waals surface area contributed by atoms with E-state index in [1.807, 2.05) is 12.4 Å². The van der Waals surface area contributed by atoms with E-state index in [-0.39, 0.29) is 0 Å². The monoisotopic (exact) mass is 206 g/mol. The van der Waals surface area contributed by atoms with Crippen LogP contribution in [0, 0.1) is 11.8 Å². The molecule has 15 heavy (non-hydrogen) atoms. The average Bonchev–Trinajstić information content (AvgIpc) is 2.85. The fourth-order valence-electron chi connectivity index (χ4n) is 3.07. The Bertz CT molecular complexity index is 359. The SMILES string of the molecule is CC1C2CNCC2CN1c1nccn1C. The minimum absolute atomic E-state index is 0.617. The van der Waals surface area contributed by atoms with Gasteiger partial charge in [0.25, 0.3) is 0 Å². The van der Waals surface area contributed by atoms with Gasteiger partial charge in [0.1, 0.15) is 0 Å². The smallest absolute Gasteiger partial charge is 0.205 e. The summed E-state index contributed by atoms with van der Waals surface area (Å²) in [5.41, 5.74) is 0. The number of fused-ring (bicyclic) bond motifs is 1. The highest BCUT2D eigenvalue weighted by molar-refractivity contribution is 5.36. The fourth-order valence-corrected chi connectivity index (χ4v) is 3.07. The normalized spacial score (nSPS) is 34.8. The van der Waals surface area contributed by atoms with Gasteiger partial charge in [-0.2, -0.15) is 0 Å². The molecule has 3 rings (SSSR count). The second-order valence-electron chi connectivity index (χ2n) is 4.81. The van der Waals surface area contributed by atoms with Gasteiger partial charge < -0.3 is 14.8 Å². The summed E-state index contributed by atoms with van der Waals surface area (Å²) in [5, 5.41) is 3.48. The van der Waals surface area contributed by atoms with Crippen LogP contribution < -0.4 is 10.2 Å². The zero-order valence-corrected chi connectivity index (χ0v) is 9.35. The van der Waals surface area contributed by atoms with Crippen molar-refractivity contribution < 1.29 is 0 Å². The summed E-state index contributed by atoms with van der Waals surface area (Å²) < 4.78 is 2.12. The van der Waals surface area contributed by atoms with Crippen molar-refractivity contribution in [2.24, 2.45) is 18.9 Å². The molecule has 3 heterocycles. The van der Waals surface area contributed by atoms with Gasteiger partial charge in [-0.25, -0.2) is 4.98 Å². The lowest BCUT2D eigenvalue weighted by Crippen LogP contribution is -2.34. The number of nitrogens with one attached hydrogen (secondary N) is 1. The van der Waals surface area contributed by atoms with Crippen LogP contribution in [-0.4, -0.2) is 35.2 Å². The highest BCUT2D eigenvalue weighted by atomic mass is 15.3. The molecule has 2 aliphatic heterocycles. The minimum atomic E-state index is 0.617. The second-order valence-corrected chi connectivity index (χ2v) is 4.81. The summed E-state index contributed by atoms with van der Waals surface area (Å²) in [6.07, 6.45) is 3.91. The summed E-state index contributed by atoms with van der Waals surface area (Å²) in [4.78, 5) is 6.90. The Labute approximate surface area is 90.3 Å². The first-order valence-electron chi connectivity index (χ1n) is 5.72. The molecule has 0 spiro atoms. The molecule has 1 aromatic rings. The van der Waals surface area contributed by atoms with E-state index >= 15 is 0 Å². The maximum atomic E-state index is 4.44. The van der Waals surface area contributed by atoms with Crippen molar-refractivity contribution in [2.45, 2.75) is 13.0 Å². The van der Waals surface area contributed by atoms with E-state index in [9.17, 15) is 0 Å². The third-order valence-corrected chi connectivity index (χ3v) is 3.99. The first-order chi connectivity index (χ1) is 7.27. The van der Waals surface area contributed by atoms with E-state index in [0.717, 1.165) is 24.3 Å². The molecule has 3 atom stereocenters. The first-order valence-corrected chi connectivity index (χ1v) is 5.72. The molecule has 82 valence electrons. The maximum Gasteiger partial charge on any atom is 0.205 e. The van der Waals surface area contributed by atoms with Crippen LogP contribution in [0.15, 0.2) is 12.4 Å². The Hall–Kier alpha value is -1.03. The van der Waals surface area contributed by atoms with Crippen LogP contribution >= 0.6 is 0 Å². The molecule has 1 N–H and O–H groups in total. The standard InChI is InChI=1S/C11H18N4/c1-8-10-6-12-5-9(10)7-15(8)11-13-3-4-14(11)2/h3-4,8-10,12H,5-7H2,1-2H3. The van der Waals surface area contributed by atoms with Crippen molar-refractivity contribution in [3.63, 3.8) is 0 Å². The summed E-state index contributed by atoms with van der Waals surface area (Å²) in [5.74, 6) is 2.75. The molecule has 0 amide bonds. The van der Waals surface area contributed by atoms with Crippen molar-refractivity contribution in [3.8, 4) is 0 Å². The number of anilines is 1. The molecule has 0 saturated carbocycles. The van der Waals surface area contributed by atoms with Gasteiger partial charge >= 0.3 is 0 Å². The van der Waals surface area contributed by atoms with Gasteiger partial charge in [0, 0.05) is 45.1 Å². The molecule has 0 bridgehead atoms. The van der Waals surface area contributed by atoms with Crippen molar-refractivity contribution in [3.05, 3.63) is 12.4 Å². The number of hydrogen-bond donors (Lipinski definition) is 1. The van der Waals surface area contributed by atoms with E-state index in [4.69, 9.17) is 0 Å². The molecular formula is C11H18N4. The molecule has 2 saturated heterocycles. The largest absolute Gasteiger partial charge is 0.339 e. The van der Waals surface area contributed by atoms with Gasteiger partial charge in [-0.1, -0.05) is 0 Å². The highest BCUT2D eigenvalue weighted by Gasteiger charge is 2.42. The van der Waals surface area contributed by atoms with E-state index in [2.05, 4.69) is 33.7 Å². The van der Waals surface area contributed by atoms with Crippen LogP contribution in [0.5, 0.6) is 0 Å². The molecule has 2 fully saturated rings. The number of nitrogens with zero attached hydrogens (tertiary/aromatic N) is 3. The lowest BCUT2D eigenvalue weighted by molar-refractivity contribution is 0.470. The van der Waals surface area contributed by atoms with Crippen LogP contribution in [0.1, 0.15) is 6.92 Å². The van der Waals surface area contributed by atoms with Crippen LogP contribution in [0.3, 0.4) is 0 Å². The molecular weight excluding hydrogens is 188 g/mol. The van der Waals surface area contributed by atoms with Gasteiger partial charge in [0.2, 0.25) is 5.95 Å². The van der Waals surface area contributed by atoms with Crippen LogP contribution in [0.2, 0.25) is 0 Å². The number of hydrogen-bond acceptors (Lipinski definition) is 3. The lowest BCUT2D eigenvalue weighted by atomic mass is 9.95. The van der Waals surface area contributed by atoms with Gasteiger partial charge in [-0.05, 0) is 18.8 Å². The summed E-state index contributed by atoms with van der Waals surface area (Å²) in [6, 6.07) is 0.617. The number of aryl methyl sites for hydroxylation is 1. The summed E-state index contributed by atoms with van der Waals surface area (Å²) in [6.45, 7) is 5.83. The van der Waals surface area contributed by atoms with Gasteiger partial charge in [0.15, 0.2) is 0 Å². The summed E-state index contributed by atoms with van der Waals surface area (Å²) in [7, 11) is 2.07. The average molecular weight is 206 g/mol. The summed E-state index contributed by atoms with van der Waals surface area (Å²) >= 11 is 0. The fraction of sp³-hybridized carbons (Fsp3) is 0.727. The maximum absolute atomic E-state index is 4.44. The quantitative estimate of drug-likeness (QED) is 0.725. The molecule has 1 aromatic heterocycles. The van der Waals surface area contributed by atoms with Crippen molar-refractivity contribution >= 4 is 5.95 Å². The Balaban J connectivity index is 1.87. The molecule has 4 heteroatoms. The molecule has 0 aromatic carbocycles. The predicted octanol–water partition coefficient (Wildman–Crippen LogP) is 0.464. The Morgan fingerprint density at radius 3 is 3.00 bits per heavy atom. The van der Waals surface area contributed by atoms with E-state index < -0.39 is 0 Å². The molecule has 2 aliphatic rings. The molecule has 0 aliphatic carbocycles. The van der Waals surface area contributed by atoms with Gasteiger partial charge in [0.05, 0.1) is 0 Å². The van der Waals surface area contributed by atoms with E-state index in [1.54, 1.807) is 0 Å². The van der Waals surface area contributed by atoms with Gasteiger partial charge in [-0.3, -0.25) is 0 Å². The minimum Gasteiger partial charge on any atom is -0.339 e. The van der Waals surface area contributed by atoms with E-state index in [1.165, 1.54) is 13.1 Å². The lowest BCUT2D eigenvalue weighted by Gasteiger charge is -2.25. The van der Waals surface area contributed by atoms with E-state index in [0.29, 0.717) is 6.04 Å². The van der Waals surface area contributed by atoms with Crippen LogP contribution in [0.4, 0.5) is 5.95 Å².